The van der Waals surface area contributed by atoms with Gasteiger partial charge in [-0.15, -0.1) is 0 Å². The van der Waals surface area contributed by atoms with Crippen LogP contribution in [-0.4, -0.2) is 19.7 Å². The summed E-state index contributed by atoms with van der Waals surface area (Å²) < 4.78 is 16.1. The van der Waals surface area contributed by atoms with E-state index in [-0.39, 0.29) is 16.6 Å². The van der Waals surface area contributed by atoms with Crippen LogP contribution in [0.4, 0.5) is 4.39 Å². The number of nitrogens with zero attached hydrogens (tertiary/aromatic N) is 4. The normalized spacial score (nSPS) is 12.4. The van der Waals surface area contributed by atoms with Gasteiger partial charge in [0.25, 0.3) is 0 Å². The number of hydrogen-bond acceptors (Lipinski definition) is 3. The van der Waals surface area contributed by atoms with Crippen molar-refractivity contribution >= 4 is 0 Å². The molecule has 0 saturated heterocycles. The van der Waals surface area contributed by atoms with Crippen LogP contribution in [0.5, 0.6) is 0 Å². The van der Waals surface area contributed by atoms with Gasteiger partial charge in [0.1, 0.15) is 5.82 Å². The maximum atomic E-state index is 14.4. The van der Waals surface area contributed by atoms with Crippen molar-refractivity contribution in [2.75, 3.05) is 0 Å². The summed E-state index contributed by atoms with van der Waals surface area (Å²) in [5.41, 5.74) is 3.73. The van der Waals surface area contributed by atoms with Crippen LogP contribution in [0, 0.1) is 5.82 Å². The third kappa shape index (κ3) is 4.24. The molecule has 27 heavy (non-hydrogen) atoms. The lowest BCUT2D eigenvalue weighted by molar-refractivity contribution is 0.539. The molecule has 0 radical (unpaired) electrons. The molecular formula is C22H27FN4. The molecule has 2 heterocycles. The molecule has 3 rings (SSSR count). The van der Waals surface area contributed by atoms with Crippen LogP contribution in [-0.2, 0) is 17.9 Å². The predicted octanol–water partition coefficient (Wildman–Crippen LogP) is 5.28. The number of aryl methyl sites for hydroxylation is 1. The molecule has 0 spiro atoms. The zero-order valence-corrected chi connectivity index (χ0v) is 17.1. The fourth-order valence-corrected chi connectivity index (χ4v) is 2.78. The molecule has 0 fully saturated rings. The Hall–Kier alpha value is -2.56. The molecule has 142 valence electrons. The minimum atomic E-state index is -0.324. The van der Waals surface area contributed by atoms with E-state index >= 15 is 0 Å². The van der Waals surface area contributed by atoms with Crippen molar-refractivity contribution < 1.29 is 4.39 Å². The molecule has 0 atom stereocenters. The highest BCUT2D eigenvalue weighted by molar-refractivity contribution is 5.68. The van der Waals surface area contributed by atoms with Crippen LogP contribution in [0.2, 0.25) is 0 Å². The van der Waals surface area contributed by atoms with Gasteiger partial charge in [0, 0.05) is 35.2 Å². The van der Waals surface area contributed by atoms with E-state index in [0.29, 0.717) is 17.0 Å². The van der Waals surface area contributed by atoms with E-state index in [1.165, 1.54) is 12.1 Å². The second kappa shape index (κ2) is 6.55. The lowest BCUT2D eigenvalue weighted by Gasteiger charge is -2.24. The maximum absolute atomic E-state index is 14.4. The Morgan fingerprint density at radius 3 is 1.85 bits per heavy atom. The highest BCUT2D eigenvalue weighted by Crippen LogP contribution is 2.31. The minimum Gasteiger partial charge on any atom is -0.275 e. The lowest BCUT2D eigenvalue weighted by Crippen LogP contribution is -2.20. The zero-order chi connectivity index (χ0) is 20.0. The van der Waals surface area contributed by atoms with Crippen molar-refractivity contribution in [2.45, 2.75) is 52.4 Å². The molecule has 1 aromatic carbocycles. The van der Waals surface area contributed by atoms with E-state index in [0.717, 1.165) is 17.1 Å². The Kier molecular flexibility index (Phi) is 4.66. The summed E-state index contributed by atoms with van der Waals surface area (Å²) in [6.45, 7) is 12.7. The maximum Gasteiger partial charge on any atom is 0.159 e. The molecule has 0 bridgehead atoms. The quantitative estimate of drug-likeness (QED) is 0.620. The predicted molar refractivity (Wildman–Crippen MR) is 107 cm³/mol. The van der Waals surface area contributed by atoms with Crippen molar-refractivity contribution in [3.8, 4) is 22.6 Å². The van der Waals surface area contributed by atoms with E-state index < -0.39 is 0 Å². The van der Waals surface area contributed by atoms with Gasteiger partial charge in [-0.3, -0.25) is 4.68 Å². The first kappa shape index (κ1) is 19.2. The van der Waals surface area contributed by atoms with E-state index in [2.05, 4.69) is 52.7 Å². The van der Waals surface area contributed by atoms with Crippen LogP contribution in [0.1, 0.15) is 52.9 Å². The number of rotatable bonds is 2. The first-order valence-corrected chi connectivity index (χ1v) is 9.14. The highest BCUT2D eigenvalue weighted by Gasteiger charge is 2.24. The summed E-state index contributed by atoms with van der Waals surface area (Å²) in [7, 11) is 1.84. The van der Waals surface area contributed by atoms with E-state index in [1.54, 1.807) is 4.68 Å². The topological polar surface area (TPSA) is 43.6 Å². The van der Waals surface area contributed by atoms with Crippen LogP contribution in [0.3, 0.4) is 0 Å². The lowest BCUT2D eigenvalue weighted by atomic mass is 9.86. The van der Waals surface area contributed by atoms with Gasteiger partial charge < -0.3 is 0 Å². The van der Waals surface area contributed by atoms with Gasteiger partial charge in [-0.2, -0.15) is 5.10 Å². The Balaban J connectivity index is 2.20. The van der Waals surface area contributed by atoms with Crippen molar-refractivity contribution in [1.82, 2.24) is 19.7 Å². The molecule has 0 unspecified atom stereocenters. The Morgan fingerprint density at radius 1 is 0.815 bits per heavy atom. The molecule has 3 aromatic rings. The van der Waals surface area contributed by atoms with E-state index in [4.69, 9.17) is 9.97 Å². The van der Waals surface area contributed by atoms with Gasteiger partial charge in [0.2, 0.25) is 0 Å². The van der Waals surface area contributed by atoms with E-state index in [9.17, 15) is 4.39 Å². The average Bonchev–Trinajstić information content (AvgIpc) is 2.99. The number of aromatic nitrogens is 4. The summed E-state index contributed by atoms with van der Waals surface area (Å²) in [6, 6.07) is 8.80. The minimum absolute atomic E-state index is 0.130. The first-order valence-electron chi connectivity index (χ1n) is 9.14. The highest BCUT2D eigenvalue weighted by atomic mass is 19.1. The van der Waals surface area contributed by atoms with Gasteiger partial charge in [0.15, 0.2) is 5.82 Å². The Morgan fingerprint density at radius 2 is 1.37 bits per heavy atom. The van der Waals surface area contributed by atoms with Crippen LogP contribution in [0.15, 0.2) is 36.5 Å². The van der Waals surface area contributed by atoms with Gasteiger partial charge in [0.05, 0.1) is 17.1 Å². The van der Waals surface area contributed by atoms with E-state index in [1.807, 2.05) is 25.4 Å². The summed E-state index contributed by atoms with van der Waals surface area (Å²) >= 11 is 0. The standard InChI is InChI=1S/C22H27FN4/c1-21(2,3)18-13-19(22(4,5)6)25-20(24-18)15-10-14(11-16(23)12-15)17-8-9-27(7)26-17/h8-13H,1-7H3. The molecule has 0 aliphatic carbocycles. The van der Waals surface area contributed by atoms with Crippen LogP contribution in [0.25, 0.3) is 22.6 Å². The summed E-state index contributed by atoms with van der Waals surface area (Å²) in [4.78, 5) is 9.53. The average molecular weight is 366 g/mol. The van der Waals surface area contributed by atoms with Crippen molar-refractivity contribution in [3.05, 3.63) is 53.7 Å². The second-order valence-electron chi connectivity index (χ2n) is 9.07. The Bertz CT molecular complexity index is 942. The van der Waals surface area contributed by atoms with Crippen molar-refractivity contribution in [2.24, 2.45) is 7.05 Å². The smallest absolute Gasteiger partial charge is 0.159 e. The molecule has 2 aromatic heterocycles. The molecule has 0 saturated carbocycles. The fourth-order valence-electron chi connectivity index (χ4n) is 2.78. The van der Waals surface area contributed by atoms with Gasteiger partial charge in [-0.1, -0.05) is 41.5 Å². The molecule has 0 aliphatic rings. The van der Waals surface area contributed by atoms with Gasteiger partial charge >= 0.3 is 0 Å². The third-order valence-electron chi connectivity index (χ3n) is 4.43. The zero-order valence-electron chi connectivity index (χ0n) is 17.1. The Labute approximate surface area is 160 Å². The summed E-state index contributed by atoms with van der Waals surface area (Å²) in [5, 5.41) is 4.38. The number of hydrogen-bond donors (Lipinski definition) is 0. The van der Waals surface area contributed by atoms with Gasteiger partial charge in [-0.05, 0) is 30.3 Å². The van der Waals surface area contributed by atoms with Crippen molar-refractivity contribution in [1.29, 1.82) is 0 Å². The summed E-state index contributed by atoms with van der Waals surface area (Å²) in [6.07, 6.45) is 1.84. The molecule has 5 heteroatoms. The first-order chi connectivity index (χ1) is 12.4. The fraction of sp³-hybridized carbons (Fsp3) is 0.409. The number of benzene rings is 1. The number of halogens is 1. The van der Waals surface area contributed by atoms with Crippen LogP contribution >= 0.6 is 0 Å². The summed E-state index contributed by atoms with van der Waals surface area (Å²) in [5.74, 6) is 0.222. The monoisotopic (exact) mass is 366 g/mol. The molecule has 0 aliphatic heterocycles. The SMILES string of the molecule is Cn1ccc(-c2cc(F)cc(-c3nc(C(C)(C)C)cc(C(C)(C)C)n3)c2)n1. The van der Waals surface area contributed by atoms with Gasteiger partial charge in [-0.25, -0.2) is 14.4 Å². The van der Waals surface area contributed by atoms with Crippen molar-refractivity contribution in [3.63, 3.8) is 0 Å². The molecule has 0 amide bonds. The van der Waals surface area contributed by atoms with Crippen LogP contribution < -0.4 is 0 Å². The molecule has 0 N–H and O–H groups in total. The molecule has 4 nitrogen and oxygen atoms in total. The second-order valence-corrected chi connectivity index (χ2v) is 9.07. The third-order valence-corrected chi connectivity index (χ3v) is 4.43. The largest absolute Gasteiger partial charge is 0.275 e. The molecular weight excluding hydrogens is 339 g/mol.